The Balaban J connectivity index is 0. The average molecular weight is 316 g/mol. The van der Waals surface area contributed by atoms with Crippen molar-refractivity contribution in [2.75, 3.05) is 0 Å². The van der Waals surface area contributed by atoms with Gasteiger partial charge in [0, 0.05) is 5.97 Å². The van der Waals surface area contributed by atoms with Crippen molar-refractivity contribution < 1.29 is 44.6 Å². The molecule has 3 nitrogen and oxygen atoms in total. The molecule has 0 aliphatic carbocycles. The van der Waals surface area contributed by atoms with Crippen LogP contribution in [0, 0.1) is 0 Å². The number of rotatable bonds is 13. The quantitative estimate of drug-likeness (QED) is 0.302. The van der Waals surface area contributed by atoms with Crippen LogP contribution in [0.2, 0.25) is 0 Å². The summed E-state index contributed by atoms with van der Waals surface area (Å²) < 4.78 is 0. The predicted molar refractivity (Wildman–Crippen MR) is 85.7 cm³/mol. The molecule has 0 aliphatic heterocycles. The number of hydrogen-bond acceptors (Lipinski definition) is 3. The van der Waals surface area contributed by atoms with Crippen molar-refractivity contribution in [1.82, 2.24) is 0 Å². The number of hydrogen-bond donors (Lipinski definition) is 1. The van der Waals surface area contributed by atoms with Gasteiger partial charge in [-0.3, -0.25) is 0 Å². The van der Waals surface area contributed by atoms with Crippen LogP contribution in [0.15, 0.2) is 36.5 Å². The van der Waals surface area contributed by atoms with Gasteiger partial charge in [-0.15, -0.1) is 0 Å². The molecule has 0 aromatic rings. The van der Waals surface area contributed by atoms with E-state index in [1.54, 1.807) is 0 Å². The fourth-order valence-electron chi connectivity index (χ4n) is 1.87. The van der Waals surface area contributed by atoms with Crippen molar-refractivity contribution in [3.8, 4) is 0 Å². The van der Waals surface area contributed by atoms with E-state index in [2.05, 4.69) is 25.2 Å². The summed E-state index contributed by atoms with van der Waals surface area (Å²) in [4.78, 5) is 10.2. The van der Waals surface area contributed by atoms with Gasteiger partial charge in [0.15, 0.2) is 0 Å². The molecule has 0 rings (SSSR count). The Hall–Kier alpha value is -0.350. The molecule has 1 atom stereocenters. The van der Waals surface area contributed by atoms with Crippen LogP contribution < -0.4 is 34.7 Å². The molecule has 0 bridgehead atoms. The Bertz CT molecular complexity index is 335. The van der Waals surface area contributed by atoms with Crippen LogP contribution in [0.3, 0.4) is 0 Å². The second-order valence-electron chi connectivity index (χ2n) is 5.23. The Morgan fingerprint density at radius 3 is 2.14 bits per heavy atom. The van der Waals surface area contributed by atoms with E-state index in [1.807, 2.05) is 18.2 Å². The number of allylic oxidation sites excluding steroid dienone is 6. The van der Waals surface area contributed by atoms with Gasteiger partial charge in [0.1, 0.15) is 0 Å². The van der Waals surface area contributed by atoms with Crippen LogP contribution in [-0.4, -0.2) is 17.2 Å². The predicted octanol–water partition coefficient (Wildman–Crippen LogP) is 0.301. The van der Waals surface area contributed by atoms with Gasteiger partial charge in [-0.05, 0) is 38.5 Å². The number of carboxylic acids is 1. The smallest absolute Gasteiger partial charge is 0.550 e. The maximum atomic E-state index is 10.2. The second-order valence-corrected chi connectivity index (χ2v) is 5.23. The van der Waals surface area contributed by atoms with Gasteiger partial charge in [-0.25, -0.2) is 0 Å². The standard InChI is InChI=1S/C18H30O3.Na/c1-2-3-4-5-6-7-8-9-10-11-12-13-14-17(19)15-16-18(20)21;/h5-10,17,19H,2-4,11-16H2,1H3,(H,20,21);/q;+1/p-1/b6-5+,8-7+,10-9+;. The van der Waals surface area contributed by atoms with Gasteiger partial charge in [0.25, 0.3) is 0 Å². The molecule has 1 unspecified atom stereocenters. The van der Waals surface area contributed by atoms with E-state index in [1.165, 1.54) is 12.8 Å². The van der Waals surface area contributed by atoms with Crippen molar-refractivity contribution in [1.29, 1.82) is 0 Å². The summed E-state index contributed by atoms with van der Waals surface area (Å²) >= 11 is 0. The van der Waals surface area contributed by atoms with Gasteiger partial charge in [0.2, 0.25) is 0 Å². The third-order valence-electron chi connectivity index (χ3n) is 3.17. The van der Waals surface area contributed by atoms with Gasteiger partial charge >= 0.3 is 29.6 Å². The topological polar surface area (TPSA) is 60.4 Å². The first kappa shape index (κ1) is 23.9. The number of carbonyl (C=O) groups is 1. The Kier molecular flexibility index (Phi) is 20.3. The van der Waals surface area contributed by atoms with Crippen LogP contribution in [0.5, 0.6) is 0 Å². The molecule has 120 valence electrons. The molecule has 0 spiro atoms. The second kappa shape index (κ2) is 18.7. The number of aliphatic hydroxyl groups is 1. The zero-order valence-corrected chi connectivity index (χ0v) is 16.2. The van der Waals surface area contributed by atoms with E-state index in [9.17, 15) is 15.0 Å². The first-order chi connectivity index (χ1) is 10.2. The molecule has 0 fully saturated rings. The fourth-order valence-corrected chi connectivity index (χ4v) is 1.87. The minimum Gasteiger partial charge on any atom is -0.550 e. The number of carboxylic acid groups (broad SMARTS) is 1. The fraction of sp³-hybridized carbons (Fsp3) is 0.611. The molecule has 1 N–H and O–H groups in total. The molecule has 22 heavy (non-hydrogen) atoms. The van der Waals surface area contributed by atoms with E-state index < -0.39 is 12.1 Å². The average Bonchev–Trinajstić information content (AvgIpc) is 2.46. The molecule has 0 amide bonds. The first-order valence-corrected chi connectivity index (χ1v) is 8.03. The molecular weight excluding hydrogens is 287 g/mol. The Labute approximate surface area is 157 Å². The normalized spacial score (nSPS) is 13.0. The Morgan fingerprint density at radius 2 is 1.59 bits per heavy atom. The van der Waals surface area contributed by atoms with E-state index in [0.717, 1.165) is 25.7 Å². The third-order valence-corrected chi connectivity index (χ3v) is 3.17. The summed E-state index contributed by atoms with van der Waals surface area (Å²) in [7, 11) is 0. The summed E-state index contributed by atoms with van der Waals surface area (Å²) in [6.45, 7) is 2.19. The van der Waals surface area contributed by atoms with Crippen molar-refractivity contribution in [2.45, 2.75) is 70.8 Å². The summed E-state index contributed by atoms with van der Waals surface area (Å²) in [5.74, 6) is -1.09. The zero-order valence-electron chi connectivity index (χ0n) is 14.2. The molecule has 0 heterocycles. The molecule has 0 aliphatic rings. The van der Waals surface area contributed by atoms with Crippen LogP contribution in [0.1, 0.15) is 64.7 Å². The first-order valence-electron chi connectivity index (χ1n) is 8.03. The van der Waals surface area contributed by atoms with Crippen molar-refractivity contribution in [2.24, 2.45) is 0 Å². The molecular formula is C18H29NaO3. The third kappa shape index (κ3) is 19.7. The molecule has 0 radical (unpaired) electrons. The van der Waals surface area contributed by atoms with E-state index in [0.29, 0.717) is 12.8 Å². The number of unbranched alkanes of at least 4 members (excludes halogenated alkanes) is 4. The van der Waals surface area contributed by atoms with Gasteiger partial charge in [0.05, 0.1) is 6.10 Å². The molecule has 0 aromatic carbocycles. The Morgan fingerprint density at radius 1 is 1.00 bits per heavy atom. The SMILES string of the molecule is CCCC/C=C/C=C/C=C/CCCCC(O)CCC(=O)[O-].[Na+]. The van der Waals surface area contributed by atoms with Crippen molar-refractivity contribution >= 4 is 5.97 Å². The monoisotopic (exact) mass is 316 g/mol. The maximum Gasteiger partial charge on any atom is 1.00 e. The summed E-state index contributed by atoms with van der Waals surface area (Å²) in [6.07, 6.45) is 19.4. The van der Waals surface area contributed by atoms with Crippen LogP contribution in [-0.2, 0) is 4.79 Å². The largest absolute Gasteiger partial charge is 1.00 e. The van der Waals surface area contributed by atoms with Crippen molar-refractivity contribution in [3.05, 3.63) is 36.5 Å². The van der Waals surface area contributed by atoms with Crippen LogP contribution in [0.25, 0.3) is 0 Å². The van der Waals surface area contributed by atoms with Gasteiger partial charge in [-0.2, -0.15) is 0 Å². The van der Waals surface area contributed by atoms with Crippen LogP contribution in [0.4, 0.5) is 0 Å². The summed E-state index contributed by atoms with van der Waals surface area (Å²) in [5.41, 5.74) is 0. The van der Waals surface area contributed by atoms with Crippen molar-refractivity contribution in [3.63, 3.8) is 0 Å². The van der Waals surface area contributed by atoms with E-state index in [4.69, 9.17) is 0 Å². The number of carbonyl (C=O) groups excluding carboxylic acids is 1. The molecule has 0 saturated carbocycles. The minimum atomic E-state index is -1.09. The molecule has 4 heteroatoms. The van der Waals surface area contributed by atoms with Gasteiger partial charge in [-0.1, -0.05) is 62.6 Å². The minimum absolute atomic E-state index is 0. The molecule has 0 aromatic heterocycles. The van der Waals surface area contributed by atoms with E-state index in [-0.39, 0.29) is 36.0 Å². The summed E-state index contributed by atoms with van der Waals surface area (Å²) in [5, 5.41) is 19.8. The van der Waals surface area contributed by atoms with Gasteiger partial charge < -0.3 is 15.0 Å². The number of aliphatic carboxylic acids is 1. The maximum absolute atomic E-state index is 10.2. The number of aliphatic hydroxyl groups excluding tert-OH is 1. The molecule has 0 saturated heterocycles. The zero-order chi connectivity index (χ0) is 15.8. The van der Waals surface area contributed by atoms with Crippen LogP contribution >= 0.6 is 0 Å². The summed E-state index contributed by atoms with van der Waals surface area (Å²) in [6, 6.07) is 0. The van der Waals surface area contributed by atoms with E-state index >= 15 is 0 Å².